The first-order valence-electron chi connectivity index (χ1n) is 11.6. The van der Waals surface area contributed by atoms with Crippen LogP contribution in [0.15, 0.2) is 89.8 Å². The van der Waals surface area contributed by atoms with Gasteiger partial charge in [0.25, 0.3) is 8.32 Å². The molecule has 3 nitrogen and oxygen atoms in total. The highest BCUT2D eigenvalue weighted by molar-refractivity contribution is 7.85. The zero-order valence-corrected chi connectivity index (χ0v) is 22.0. The van der Waals surface area contributed by atoms with Gasteiger partial charge in [-0.1, -0.05) is 99.1 Å². The quantitative estimate of drug-likeness (QED) is 0.423. The summed E-state index contributed by atoms with van der Waals surface area (Å²) in [6.45, 7) is 8.87. The second kappa shape index (κ2) is 11.4. The first kappa shape index (κ1) is 25.6. The summed E-state index contributed by atoms with van der Waals surface area (Å²) in [5.41, 5.74) is 1.15. The minimum absolute atomic E-state index is 0.0950. The molecule has 0 aromatic heterocycles. The van der Waals surface area contributed by atoms with Crippen molar-refractivity contribution in [3.63, 3.8) is 0 Å². The first-order chi connectivity index (χ1) is 15.8. The molecule has 0 spiro atoms. The van der Waals surface area contributed by atoms with Crippen LogP contribution in [0.2, 0.25) is 5.04 Å². The minimum atomic E-state index is -2.76. The Morgan fingerprint density at radius 1 is 0.879 bits per heavy atom. The van der Waals surface area contributed by atoms with E-state index in [1.807, 2.05) is 43.3 Å². The highest BCUT2D eigenvalue weighted by atomic mass is 32.2. The fourth-order valence-corrected chi connectivity index (χ4v) is 10.4. The molecule has 0 aliphatic rings. The van der Waals surface area contributed by atoms with Gasteiger partial charge in [0.15, 0.2) is 0 Å². The highest BCUT2D eigenvalue weighted by Crippen LogP contribution is 2.38. The summed E-state index contributed by atoms with van der Waals surface area (Å²) in [4.78, 5) is 0.820. The van der Waals surface area contributed by atoms with Crippen LogP contribution in [-0.2, 0) is 15.2 Å². The first-order valence-corrected chi connectivity index (χ1v) is 14.9. The van der Waals surface area contributed by atoms with Gasteiger partial charge in [-0.25, -0.2) is 0 Å². The van der Waals surface area contributed by atoms with Crippen LogP contribution in [0.5, 0.6) is 0 Å². The summed E-state index contributed by atoms with van der Waals surface area (Å²) in [5, 5.41) is 11.8. The average Bonchev–Trinajstić information content (AvgIpc) is 2.81. The molecule has 5 heteroatoms. The van der Waals surface area contributed by atoms with Crippen LogP contribution in [0.1, 0.15) is 39.2 Å². The lowest BCUT2D eigenvalue weighted by atomic mass is 10.2. The summed E-state index contributed by atoms with van der Waals surface area (Å²) >= 11 is 0. The Balaban J connectivity index is 2.05. The van der Waals surface area contributed by atoms with E-state index in [0.29, 0.717) is 18.6 Å². The molecular weight excluding hydrogens is 444 g/mol. The molecule has 0 heterocycles. The molecule has 2 atom stereocenters. The van der Waals surface area contributed by atoms with Gasteiger partial charge in [-0.2, -0.15) is 0 Å². The van der Waals surface area contributed by atoms with Crippen molar-refractivity contribution in [3.8, 4) is 0 Å². The normalized spacial score (nSPS) is 14.1. The third kappa shape index (κ3) is 6.10. The van der Waals surface area contributed by atoms with Crippen LogP contribution in [0.25, 0.3) is 0 Å². The van der Waals surface area contributed by atoms with Crippen molar-refractivity contribution in [3.05, 3.63) is 90.5 Å². The van der Waals surface area contributed by atoms with Crippen LogP contribution in [0, 0.1) is 6.92 Å². The van der Waals surface area contributed by atoms with Crippen molar-refractivity contribution in [2.24, 2.45) is 0 Å². The monoisotopic (exact) mass is 480 g/mol. The average molecular weight is 481 g/mol. The second-order valence-electron chi connectivity index (χ2n) is 9.59. The van der Waals surface area contributed by atoms with Crippen LogP contribution in [0.3, 0.4) is 0 Å². The SMILES string of the molecule is Cc1ccc([S@@](=O)C[C@H](CCCO)O[Si](c2ccccc2)(c2ccccc2)C(C)(C)C)cc1. The van der Waals surface area contributed by atoms with Gasteiger partial charge in [0.2, 0.25) is 0 Å². The van der Waals surface area contributed by atoms with E-state index in [-0.39, 0.29) is 17.7 Å². The maximum Gasteiger partial charge on any atom is 0.261 e. The molecule has 0 aliphatic heterocycles. The van der Waals surface area contributed by atoms with E-state index in [0.717, 1.165) is 10.5 Å². The summed E-state index contributed by atoms with van der Waals surface area (Å²) in [7, 11) is -3.94. The van der Waals surface area contributed by atoms with E-state index in [2.05, 4.69) is 69.3 Å². The van der Waals surface area contributed by atoms with Gasteiger partial charge in [-0.15, -0.1) is 0 Å². The third-order valence-electron chi connectivity index (χ3n) is 6.07. The van der Waals surface area contributed by atoms with Crippen molar-refractivity contribution in [2.75, 3.05) is 12.4 Å². The van der Waals surface area contributed by atoms with E-state index < -0.39 is 19.1 Å². The molecule has 0 saturated heterocycles. The molecule has 0 unspecified atom stereocenters. The molecule has 33 heavy (non-hydrogen) atoms. The second-order valence-corrected chi connectivity index (χ2v) is 15.3. The number of hydrogen-bond acceptors (Lipinski definition) is 3. The van der Waals surface area contributed by atoms with Crippen LogP contribution in [-0.4, -0.2) is 36.1 Å². The molecule has 1 N–H and O–H groups in total. The molecule has 3 aromatic carbocycles. The van der Waals surface area contributed by atoms with Crippen molar-refractivity contribution in [1.82, 2.24) is 0 Å². The van der Waals surface area contributed by atoms with E-state index >= 15 is 0 Å². The molecule has 0 radical (unpaired) electrons. The minimum Gasteiger partial charge on any atom is -0.404 e. The summed E-state index contributed by atoms with van der Waals surface area (Å²) in [6.07, 6.45) is 1.05. The number of hydrogen-bond donors (Lipinski definition) is 1. The summed E-state index contributed by atoms with van der Waals surface area (Å²) < 4.78 is 20.5. The molecule has 0 amide bonds. The molecule has 0 bridgehead atoms. The zero-order valence-electron chi connectivity index (χ0n) is 20.2. The van der Waals surface area contributed by atoms with Gasteiger partial charge >= 0.3 is 0 Å². The highest BCUT2D eigenvalue weighted by Gasteiger charge is 2.51. The van der Waals surface area contributed by atoms with Crippen LogP contribution in [0.4, 0.5) is 0 Å². The van der Waals surface area contributed by atoms with Gasteiger partial charge in [0.05, 0.1) is 22.7 Å². The third-order valence-corrected chi connectivity index (χ3v) is 12.6. The summed E-state index contributed by atoms with van der Waals surface area (Å²) in [6, 6.07) is 28.9. The lowest BCUT2D eigenvalue weighted by molar-refractivity contribution is 0.180. The van der Waals surface area contributed by atoms with Crippen molar-refractivity contribution in [2.45, 2.75) is 56.6 Å². The molecule has 0 saturated carbocycles. The predicted octanol–water partition coefficient (Wildman–Crippen LogP) is 4.82. The Morgan fingerprint density at radius 2 is 1.39 bits per heavy atom. The number of aliphatic hydroxyl groups is 1. The molecular formula is C28H36O3SSi. The van der Waals surface area contributed by atoms with Gasteiger partial charge in [-0.3, -0.25) is 4.21 Å². The van der Waals surface area contributed by atoms with Gasteiger partial charge in [0, 0.05) is 11.5 Å². The van der Waals surface area contributed by atoms with Crippen molar-refractivity contribution >= 4 is 29.5 Å². The zero-order chi connectivity index (χ0) is 23.9. The Hall–Kier alpha value is -2.05. The van der Waals surface area contributed by atoms with Gasteiger partial charge in [0.1, 0.15) is 0 Å². The lowest BCUT2D eigenvalue weighted by Gasteiger charge is -2.45. The Bertz CT molecular complexity index is 975. The summed E-state index contributed by atoms with van der Waals surface area (Å²) in [5.74, 6) is 0.410. The van der Waals surface area contributed by atoms with Crippen molar-refractivity contribution in [1.29, 1.82) is 0 Å². The molecule has 3 rings (SSSR count). The number of rotatable bonds is 10. The van der Waals surface area contributed by atoms with Crippen LogP contribution >= 0.6 is 0 Å². The molecule has 176 valence electrons. The van der Waals surface area contributed by atoms with Crippen molar-refractivity contribution < 1.29 is 13.7 Å². The number of aliphatic hydroxyl groups excluding tert-OH is 1. The standard InChI is InChI=1S/C28H36O3SSi/c1-23-17-19-25(20-18-23)32(30)22-24(12-11-21-29)31-33(28(2,3)4,26-13-7-5-8-14-26)27-15-9-6-10-16-27/h5-10,13-20,24,29H,11-12,21-22H2,1-4H3/t24-,32-/m0/s1. The van der Waals surface area contributed by atoms with Gasteiger partial charge in [-0.05, 0) is 47.3 Å². The van der Waals surface area contributed by atoms with E-state index in [9.17, 15) is 9.32 Å². The predicted molar refractivity (Wildman–Crippen MR) is 141 cm³/mol. The van der Waals surface area contributed by atoms with E-state index in [1.54, 1.807) is 0 Å². The lowest BCUT2D eigenvalue weighted by Crippen LogP contribution is -2.68. The fraction of sp³-hybridized carbons (Fsp3) is 0.357. The molecule has 0 aliphatic carbocycles. The van der Waals surface area contributed by atoms with E-state index in [1.165, 1.54) is 10.4 Å². The Labute approximate surface area is 202 Å². The molecule has 0 fully saturated rings. The smallest absolute Gasteiger partial charge is 0.261 e. The fourth-order valence-electron chi connectivity index (χ4n) is 4.39. The van der Waals surface area contributed by atoms with E-state index in [4.69, 9.17) is 4.43 Å². The maximum absolute atomic E-state index is 13.3. The van der Waals surface area contributed by atoms with Crippen LogP contribution < -0.4 is 10.4 Å². The number of benzene rings is 3. The number of aryl methyl sites for hydroxylation is 1. The maximum atomic E-state index is 13.3. The topological polar surface area (TPSA) is 46.5 Å². The molecule has 3 aromatic rings. The van der Waals surface area contributed by atoms with Gasteiger partial charge < -0.3 is 9.53 Å². The largest absolute Gasteiger partial charge is 0.404 e. The Kier molecular flexibility index (Phi) is 8.82. The Morgan fingerprint density at radius 3 is 1.85 bits per heavy atom.